The van der Waals surface area contributed by atoms with E-state index in [9.17, 15) is 4.39 Å². The van der Waals surface area contributed by atoms with Crippen molar-refractivity contribution < 1.29 is 4.39 Å². The first kappa shape index (κ1) is 30.1. The standard InChI is InChI=1S/C42H38FN5/c1-46-27-29-47(30-28-46)40-23-25-44-39-22-19-36(31-38(39)40)41(32-17-20-37(43)21-18-32)24-26-48(45-41)42(33-11-5-2-6-12-33,34-13-7-3-8-14-34)35-15-9-4-10-16-35/h2-26,31,45H,27-30H2,1H3. The summed E-state index contributed by atoms with van der Waals surface area (Å²) in [6.07, 6.45) is 6.29. The van der Waals surface area contributed by atoms with Crippen LogP contribution >= 0.6 is 0 Å². The molecule has 48 heavy (non-hydrogen) atoms. The SMILES string of the molecule is CN1CCN(c2ccnc3ccc(C4(c5ccc(F)cc5)C=CN(C(c5ccccc5)(c5ccccc5)c5ccccc5)N4)cc23)CC1. The fraction of sp³-hybridized carbons (Fsp3) is 0.167. The minimum absolute atomic E-state index is 0.264. The van der Waals surface area contributed by atoms with Crippen LogP contribution in [0.25, 0.3) is 10.9 Å². The summed E-state index contributed by atoms with van der Waals surface area (Å²) in [5, 5.41) is 3.35. The van der Waals surface area contributed by atoms with E-state index in [1.165, 1.54) is 5.69 Å². The first-order valence-corrected chi connectivity index (χ1v) is 16.6. The predicted molar refractivity (Wildman–Crippen MR) is 192 cm³/mol. The van der Waals surface area contributed by atoms with Crippen LogP contribution in [0.15, 0.2) is 158 Å². The van der Waals surface area contributed by atoms with Crippen LogP contribution in [0, 0.1) is 5.82 Å². The first-order valence-electron chi connectivity index (χ1n) is 16.6. The molecule has 0 bridgehead atoms. The number of likely N-dealkylation sites (N-methyl/N-ethyl adjacent to an activating group) is 1. The second kappa shape index (κ2) is 12.4. The molecule has 8 rings (SSSR count). The van der Waals surface area contributed by atoms with Crippen LogP contribution in [0.4, 0.5) is 10.1 Å². The third kappa shape index (κ3) is 5.05. The molecule has 1 fully saturated rings. The number of hydrazine groups is 1. The smallest absolute Gasteiger partial charge is 0.130 e. The van der Waals surface area contributed by atoms with Crippen molar-refractivity contribution in [1.29, 1.82) is 0 Å². The lowest BCUT2D eigenvalue weighted by Gasteiger charge is -2.46. The number of piperazine rings is 1. The number of nitrogens with one attached hydrogen (secondary N) is 1. The number of aromatic nitrogens is 1. The van der Waals surface area contributed by atoms with Crippen molar-refractivity contribution in [2.75, 3.05) is 38.1 Å². The molecule has 6 aromatic rings. The third-order valence-electron chi connectivity index (χ3n) is 10.0. The number of rotatable bonds is 7. The number of anilines is 1. The van der Waals surface area contributed by atoms with Gasteiger partial charge >= 0.3 is 0 Å². The van der Waals surface area contributed by atoms with Gasteiger partial charge in [0.1, 0.15) is 16.9 Å². The molecular formula is C42H38FN5. The molecule has 5 nitrogen and oxygen atoms in total. The van der Waals surface area contributed by atoms with E-state index in [1.54, 1.807) is 12.1 Å². The Morgan fingerprint density at radius 1 is 0.667 bits per heavy atom. The highest BCUT2D eigenvalue weighted by Gasteiger charge is 2.48. The molecule has 0 amide bonds. The average Bonchev–Trinajstić information content (AvgIpc) is 3.60. The molecule has 0 spiro atoms. The highest BCUT2D eigenvalue weighted by molar-refractivity contribution is 5.92. The number of pyridine rings is 1. The van der Waals surface area contributed by atoms with Gasteiger partial charge < -0.3 is 9.80 Å². The van der Waals surface area contributed by atoms with Crippen molar-refractivity contribution in [3.05, 3.63) is 192 Å². The molecular weight excluding hydrogens is 593 g/mol. The Balaban J connectivity index is 1.33. The van der Waals surface area contributed by atoms with E-state index in [0.717, 1.165) is 64.9 Å². The van der Waals surface area contributed by atoms with Gasteiger partial charge in [0, 0.05) is 49.6 Å². The molecule has 2 aliphatic heterocycles. The number of hydrogen-bond acceptors (Lipinski definition) is 5. The molecule has 6 heteroatoms. The number of benzene rings is 5. The number of halogens is 1. The molecule has 1 unspecified atom stereocenters. The van der Waals surface area contributed by atoms with E-state index in [4.69, 9.17) is 4.98 Å². The van der Waals surface area contributed by atoms with Gasteiger partial charge in [-0.2, -0.15) is 0 Å². The maximum absolute atomic E-state index is 14.5. The third-order valence-corrected chi connectivity index (χ3v) is 10.0. The van der Waals surface area contributed by atoms with Gasteiger partial charge in [0.15, 0.2) is 0 Å². The van der Waals surface area contributed by atoms with Crippen LogP contribution in [0.5, 0.6) is 0 Å². The Labute approximate surface area is 281 Å². The fourth-order valence-corrected chi connectivity index (χ4v) is 7.50. The van der Waals surface area contributed by atoms with Gasteiger partial charge in [0.2, 0.25) is 0 Å². The van der Waals surface area contributed by atoms with E-state index in [1.807, 2.05) is 18.3 Å². The zero-order valence-electron chi connectivity index (χ0n) is 27.0. The lowest BCUT2D eigenvalue weighted by Crippen LogP contribution is -2.55. The zero-order chi connectivity index (χ0) is 32.6. The van der Waals surface area contributed by atoms with E-state index in [2.05, 4.69) is 155 Å². The van der Waals surface area contributed by atoms with Gasteiger partial charge in [-0.05, 0) is 71.3 Å². The van der Waals surface area contributed by atoms with E-state index in [0.29, 0.717) is 0 Å². The average molecular weight is 632 g/mol. The highest BCUT2D eigenvalue weighted by atomic mass is 19.1. The van der Waals surface area contributed by atoms with E-state index in [-0.39, 0.29) is 5.82 Å². The maximum Gasteiger partial charge on any atom is 0.130 e. The summed E-state index contributed by atoms with van der Waals surface area (Å²) in [6.45, 7) is 3.96. The van der Waals surface area contributed by atoms with E-state index >= 15 is 0 Å². The van der Waals surface area contributed by atoms with Gasteiger partial charge in [-0.25, -0.2) is 9.82 Å². The molecule has 1 saturated heterocycles. The Bertz CT molecular complexity index is 1950. The quantitative estimate of drug-likeness (QED) is 0.183. The number of fused-ring (bicyclic) bond motifs is 1. The number of hydrogen-bond donors (Lipinski definition) is 1. The molecule has 0 aliphatic carbocycles. The molecule has 0 saturated carbocycles. The molecule has 5 aromatic carbocycles. The maximum atomic E-state index is 14.5. The van der Waals surface area contributed by atoms with Crippen molar-refractivity contribution in [3.8, 4) is 0 Å². The van der Waals surface area contributed by atoms with Gasteiger partial charge in [-0.15, -0.1) is 0 Å². The summed E-state index contributed by atoms with van der Waals surface area (Å²) < 4.78 is 14.5. The van der Waals surface area contributed by atoms with Gasteiger partial charge in [0.05, 0.1) is 5.52 Å². The Hall–Kier alpha value is -5.30. The highest BCUT2D eigenvalue weighted by Crippen LogP contribution is 2.47. The second-order valence-electron chi connectivity index (χ2n) is 12.8. The van der Waals surface area contributed by atoms with Gasteiger partial charge in [-0.3, -0.25) is 9.99 Å². The monoisotopic (exact) mass is 631 g/mol. The molecule has 1 N–H and O–H groups in total. The number of nitrogens with zero attached hydrogens (tertiary/aromatic N) is 4. The molecule has 1 atom stereocenters. The summed E-state index contributed by atoms with van der Waals surface area (Å²) in [7, 11) is 2.18. The summed E-state index contributed by atoms with van der Waals surface area (Å²) in [5.74, 6) is -0.264. The summed E-state index contributed by atoms with van der Waals surface area (Å²) >= 11 is 0. The molecule has 2 aliphatic rings. The second-order valence-corrected chi connectivity index (χ2v) is 12.8. The lowest BCUT2D eigenvalue weighted by molar-refractivity contribution is 0.139. The van der Waals surface area contributed by atoms with Crippen molar-refractivity contribution >= 4 is 16.6 Å². The Morgan fingerprint density at radius 2 is 1.23 bits per heavy atom. The van der Waals surface area contributed by atoms with Crippen LogP contribution in [0.1, 0.15) is 27.8 Å². The Morgan fingerprint density at radius 3 is 1.81 bits per heavy atom. The minimum atomic E-state index is -0.805. The molecule has 3 heterocycles. The molecule has 238 valence electrons. The summed E-state index contributed by atoms with van der Waals surface area (Å²) in [6, 6.07) is 47.5. The fourth-order valence-electron chi connectivity index (χ4n) is 7.50. The van der Waals surface area contributed by atoms with Crippen LogP contribution in [0.2, 0.25) is 0 Å². The summed E-state index contributed by atoms with van der Waals surface area (Å²) in [5.41, 5.74) is 9.98. The Kier molecular flexibility index (Phi) is 7.75. The van der Waals surface area contributed by atoms with Crippen molar-refractivity contribution in [3.63, 3.8) is 0 Å². The summed E-state index contributed by atoms with van der Waals surface area (Å²) in [4.78, 5) is 9.60. The zero-order valence-corrected chi connectivity index (χ0v) is 27.0. The van der Waals surface area contributed by atoms with Crippen molar-refractivity contribution in [2.45, 2.75) is 11.1 Å². The normalized spacial score (nSPS) is 18.5. The predicted octanol–water partition coefficient (Wildman–Crippen LogP) is 7.70. The van der Waals surface area contributed by atoms with Gasteiger partial charge in [-0.1, -0.05) is 109 Å². The van der Waals surface area contributed by atoms with Crippen LogP contribution in [0.3, 0.4) is 0 Å². The largest absolute Gasteiger partial charge is 0.368 e. The van der Waals surface area contributed by atoms with Crippen LogP contribution < -0.4 is 10.3 Å². The molecule has 1 aromatic heterocycles. The molecule has 0 radical (unpaired) electrons. The topological polar surface area (TPSA) is 34.6 Å². The first-order chi connectivity index (χ1) is 23.6. The minimum Gasteiger partial charge on any atom is -0.368 e. The van der Waals surface area contributed by atoms with E-state index < -0.39 is 11.1 Å². The van der Waals surface area contributed by atoms with Crippen LogP contribution in [-0.4, -0.2) is 48.1 Å². The van der Waals surface area contributed by atoms with Crippen LogP contribution in [-0.2, 0) is 11.1 Å². The van der Waals surface area contributed by atoms with Gasteiger partial charge in [0.25, 0.3) is 0 Å². The lowest BCUT2D eigenvalue weighted by atomic mass is 9.76. The van der Waals surface area contributed by atoms with Crippen molar-refractivity contribution in [1.82, 2.24) is 20.3 Å². The van der Waals surface area contributed by atoms with Crippen molar-refractivity contribution in [2.24, 2.45) is 0 Å².